The van der Waals surface area contributed by atoms with Crippen LogP contribution in [0, 0.1) is 5.41 Å². The Morgan fingerprint density at radius 3 is 1.89 bits per heavy atom. The first-order chi connectivity index (χ1) is 12.8. The number of unbranched alkanes of at least 4 members (excludes halogenated alkanes) is 9. The first-order valence-electron chi connectivity index (χ1n) is 9.76. The maximum atomic E-state index is 11.3. The summed E-state index contributed by atoms with van der Waals surface area (Å²) in [5.41, 5.74) is 5.38. The molecule has 0 aromatic heterocycles. The molecule has 0 fully saturated rings. The van der Waals surface area contributed by atoms with E-state index in [2.05, 4.69) is 17.4 Å². The molecule has 0 amide bonds. The number of benzene rings is 1. The molecule has 27 heavy (non-hydrogen) atoms. The highest BCUT2D eigenvalue weighted by Crippen LogP contribution is 2.18. The highest BCUT2D eigenvalue weighted by molar-refractivity contribution is 7.85. The van der Waals surface area contributed by atoms with Gasteiger partial charge in [0.1, 0.15) is 0 Å². The number of nitrogens with two attached hydrogens (primary N) is 1. The zero-order valence-corrected chi connectivity index (χ0v) is 17.6. The fourth-order valence-electron chi connectivity index (χ4n) is 2.76. The molecule has 6 nitrogen and oxygen atoms in total. The van der Waals surface area contributed by atoms with Crippen molar-refractivity contribution in [2.45, 2.75) is 82.4 Å². The summed E-state index contributed by atoms with van der Waals surface area (Å²) in [5, 5.41) is 6.30. The Labute approximate surface area is 164 Å². The van der Waals surface area contributed by atoms with Gasteiger partial charge in [0.05, 0.1) is 12.0 Å². The van der Waals surface area contributed by atoms with Gasteiger partial charge >= 0.3 is 0 Å². The first-order valence-corrected chi connectivity index (χ1v) is 11.2. The van der Waals surface area contributed by atoms with E-state index in [1.165, 1.54) is 64.5 Å². The van der Waals surface area contributed by atoms with Crippen molar-refractivity contribution >= 4 is 16.1 Å². The molecule has 1 aromatic rings. The summed E-state index contributed by atoms with van der Waals surface area (Å²) >= 11 is 0. The number of methoxy groups -OCH3 is 1. The second kappa shape index (κ2) is 15.5. The highest BCUT2D eigenvalue weighted by Gasteiger charge is 2.13. The zero-order chi connectivity index (χ0) is 20.5. The summed E-state index contributed by atoms with van der Waals surface area (Å²) in [5.74, 6) is 0. The van der Waals surface area contributed by atoms with E-state index in [-0.39, 0.29) is 10.9 Å². The number of rotatable bonds is 12. The third-order valence-electron chi connectivity index (χ3n) is 4.27. The lowest BCUT2D eigenvalue weighted by Gasteiger charge is -2.07. The monoisotopic (exact) mass is 400 g/mol. The van der Waals surface area contributed by atoms with Gasteiger partial charge < -0.3 is 10.5 Å². The first kappa shape index (κ1) is 25.4. The van der Waals surface area contributed by atoms with Crippen molar-refractivity contribution in [2.24, 2.45) is 5.73 Å². The van der Waals surface area contributed by atoms with Gasteiger partial charge in [-0.05, 0) is 24.5 Å². The largest absolute Gasteiger partial charge is 0.469 e. The van der Waals surface area contributed by atoms with Crippen LogP contribution in [0.15, 0.2) is 29.2 Å². The summed E-state index contributed by atoms with van der Waals surface area (Å²) in [6.45, 7) is 2.24. The van der Waals surface area contributed by atoms with Crippen LogP contribution in [0.2, 0.25) is 0 Å². The van der Waals surface area contributed by atoms with Gasteiger partial charge in [-0.25, -0.2) is 0 Å². The van der Waals surface area contributed by atoms with Gasteiger partial charge in [-0.1, -0.05) is 82.9 Å². The van der Waals surface area contributed by atoms with E-state index in [9.17, 15) is 13.0 Å². The maximum Gasteiger partial charge on any atom is 0.294 e. The molecule has 0 unspecified atom stereocenters. The third kappa shape index (κ3) is 14.2. The van der Waals surface area contributed by atoms with Crippen molar-refractivity contribution in [3.8, 4) is 0 Å². The van der Waals surface area contributed by atoms with Crippen LogP contribution < -0.4 is 5.73 Å². The molecule has 4 N–H and O–H groups in total. The lowest BCUT2D eigenvalue weighted by molar-refractivity contribution is 0.393. The molecule has 1 aromatic carbocycles. The van der Waals surface area contributed by atoms with Crippen molar-refractivity contribution in [3.63, 3.8) is 0 Å². The Hall–Kier alpha value is -1.60. The number of amidine groups is 1. The smallest absolute Gasteiger partial charge is 0.294 e. The molecule has 0 heterocycles. The number of hydrogen-bond donors (Lipinski definition) is 3. The normalized spacial score (nSPS) is 10.8. The Balaban J connectivity index is 0.00000119. The number of ether oxygens (including phenoxy) is 1. The van der Waals surface area contributed by atoms with Crippen molar-refractivity contribution in [1.82, 2.24) is 0 Å². The lowest BCUT2D eigenvalue weighted by Crippen LogP contribution is -2.10. The van der Waals surface area contributed by atoms with E-state index in [1.807, 2.05) is 6.07 Å². The van der Waals surface area contributed by atoms with Crippen LogP contribution in [-0.4, -0.2) is 26.1 Å². The van der Waals surface area contributed by atoms with Gasteiger partial charge in [-0.3, -0.25) is 9.96 Å². The number of hydrogen-bond acceptors (Lipinski definition) is 4. The average Bonchev–Trinajstić information content (AvgIpc) is 2.63. The molecule has 0 spiro atoms. The van der Waals surface area contributed by atoms with Crippen LogP contribution in [0.1, 0.15) is 76.7 Å². The maximum absolute atomic E-state index is 11.3. The van der Waals surface area contributed by atoms with Crippen molar-refractivity contribution < 1.29 is 17.7 Å². The summed E-state index contributed by atoms with van der Waals surface area (Å²) in [4.78, 5) is 0.0610. The number of nitrogens with one attached hydrogen (secondary N) is 1. The molecule has 0 aliphatic rings. The van der Waals surface area contributed by atoms with Crippen LogP contribution in [0.3, 0.4) is 0 Å². The predicted octanol–water partition coefficient (Wildman–Crippen LogP) is 4.92. The van der Waals surface area contributed by atoms with E-state index in [0.717, 1.165) is 18.4 Å². The van der Waals surface area contributed by atoms with Crippen LogP contribution in [0.4, 0.5) is 0 Å². The molecule has 7 heteroatoms. The van der Waals surface area contributed by atoms with Crippen LogP contribution in [-0.2, 0) is 21.3 Å². The number of aryl methyl sites for hydroxylation is 1. The fraction of sp³-hybridized carbons (Fsp3) is 0.650. The highest BCUT2D eigenvalue weighted by atomic mass is 32.2. The van der Waals surface area contributed by atoms with Gasteiger partial charge in [-0.15, -0.1) is 0 Å². The lowest BCUT2D eigenvalue weighted by atomic mass is 10.0. The van der Waals surface area contributed by atoms with Crippen molar-refractivity contribution in [3.05, 3.63) is 29.8 Å². The molecular weight excluding hydrogens is 364 g/mol. The molecular formula is C20H36N2O4S. The van der Waals surface area contributed by atoms with Crippen LogP contribution in [0.5, 0.6) is 0 Å². The summed E-state index contributed by atoms with van der Waals surface area (Å²) in [6.07, 6.45) is 13.3. The molecule has 0 radical (unpaired) electrons. The second-order valence-electron chi connectivity index (χ2n) is 6.58. The van der Waals surface area contributed by atoms with E-state index in [4.69, 9.17) is 5.41 Å². The molecule has 1 rings (SSSR count). The standard InChI is InChI=1S/C18H30O3S.C2H6N2O/c1-2-3-4-5-6-7-8-9-10-11-14-17-15-12-13-16-18(17)22(19,20)21;1-5-2(3)4/h12-13,15-16H,2-11,14H2,1H3,(H,19,20,21);1H3,(H3,3,4). The Morgan fingerprint density at radius 1 is 1.00 bits per heavy atom. The van der Waals surface area contributed by atoms with E-state index < -0.39 is 10.1 Å². The molecule has 0 bridgehead atoms. The van der Waals surface area contributed by atoms with Gasteiger partial charge in [0, 0.05) is 0 Å². The van der Waals surface area contributed by atoms with Crippen LogP contribution in [0.25, 0.3) is 0 Å². The van der Waals surface area contributed by atoms with Gasteiger partial charge in [0.25, 0.3) is 16.1 Å². The summed E-state index contributed by atoms with van der Waals surface area (Å²) < 4.78 is 35.9. The quantitative estimate of drug-likeness (QED) is 0.199. The van der Waals surface area contributed by atoms with Gasteiger partial charge in [-0.2, -0.15) is 8.42 Å². The molecule has 0 atom stereocenters. The van der Waals surface area contributed by atoms with Gasteiger partial charge in [0.2, 0.25) is 0 Å². The average molecular weight is 401 g/mol. The second-order valence-corrected chi connectivity index (χ2v) is 7.97. The summed E-state index contributed by atoms with van der Waals surface area (Å²) in [6, 6.07) is 6.48. The van der Waals surface area contributed by atoms with Crippen LogP contribution >= 0.6 is 0 Å². The minimum Gasteiger partial charge on any atom is -0.469 e. The topological polar surface area (TPSA) is 113 Å². The fourth-order valence-corrected chi connectivity index (χ4v) is 3.52. The van der Waals surface area contributed by atoms with E-state index in [1.54, 1.807) is 12.1 Å². The van der Waals surface area contributed by atoms with E-state index >= 15 is 0 Å². The van der Waals surface area contributed by atoms with E-state index in [0.29, 0.717) is 6.42 Å². The Morgan fingerprint density at radius 2 is 1.44 bits per heavy atom. The third-order valence-corrected chi connectivity index (χ3v) is 5.22. The molecule has 0 aliphatic carbocycles. The predicted molar refractivity (Wildman–Crippen MR) is 111 cm³/mol. The minimum absolute atomic E-state index is 0.0610. The SMILES string of the molecule is CCCCCCCCCCCCc1ccccc1S(=O)(=O)O.COC(=N)N. The molecule has 156 valence electrons. The summed E-state index contributed by atoms with van der Waals surface area (Å²) in [7, 11) is -2.75. The minimum atomic E-state index is -4.10. The zero-order valence-electron chi connectivity index (χ0n) is 16.7. The van der Waals surface area contributed by atoms with Gasteiger partial charge in [0.15, 0.2) is 0 Å². The van der Waals surface area contributed by atoms with Crippen molar-refractivity contribution in [1.29, 1.82) is 5.41 Å². The molecule has 0 saturated carbocycles. The Kier molecular flexibility index (Phi) is 14.5. The molecule has 0 aliphatic heterocycles. The molecule has 0 saturated heterocycles. The Bertz CT molecular complexity index is 618. The van der Waals surface area contributed by atoms with Crippen molar-refractivity contribution in [2.75, 3.05) is 7.11 Å².